The molecule has 118 valence electrons. The predicted molar refractivity (Wildman–Crippen MR) is 89.4 cm³/mol. The Morgan fingerprint density at radius 3 is 2.55 bits per heavy atom. The molecule has 0 atom stereocenters. The van der Waals surface area contributed by atoms with Gasteiger partial charge in [0.15, 0.2) is 5.96 Å². The Hall–Kier alpha value is -0.570. The number of esters is 1. The monoisotopic (exact) mass is 399 g/mol. The van der Waals surface area contributed by atoms with Crippen LogP contribution in [0.2, 0.25) is 0 Å². The number of morpholine rings is 1. The highest BCUT2D eigenvalue weighted by molar-refractivity contribution is 14.0. The van der Waals surface area contributed by atoms with Crippen molar-refractivity contribution in [1.29, 1.82) is 0 Å². The predicted octanol–water partition coefficient (Wildman–Crippen LogP) is 1.37. The third-order valence-electron chi connectivity index (χ3n) is 3.13. The van der Waals surface area contributed by atoms with Gasteiger partial charge in [0.25, 0.3) is 0 Å². The first kappa shape index (κ1) is 19.4. The number of carbonyl (C=O) groups excluding carboxylic acids is 1. The van der Waals surface area contributed by atoms with Gasteiger partial charge in [-0.1, -0.05) is 12.8 Å². The number of methoxy groups -OCH3 is 1. The Labute approximate surface area is 138 Å². The van der Waals surface area contributed by atoms with E-state index in [0.29, 0.717) is 12.4 Å². The number of rotatable bonds is 7. The highest BCUT2D eigenvalue weighted by atomic mass is 127. The molecule has 0 saturated carbocycles. The average molecular weight is 399 g/mol. The third kappa shape index (κ3) is 8.57. The quantitative estimate of drug-likeness (QED) is 0.230. The van der Waals surface area contributed by atoms with Crippen LogP contribution in [0.1, 0.15) is 32.1 Å². The summed E-state index contributed by atoms with van der Waals surface area (Å²) in [4.78, 5) is 17.3. The average Bonchev–Trinajstić information content (AvgIpc) is 2.46. The van der Waals surface area contributed by atoms with Crippen molar-refractivity contribution in [2.24, 2.45) is 10.7 Å². The zero-order valence-electron chi connectivity index (χ0n) is 12.2. The van der Waals surface area contributed by atoms with E-state index in [1.165, 1.54) is 7.11 Å². The van der Waals surface area contributed by atoms with E-state index in [-0.39, 0.29) is 29.9 Å². The van der Waals surface area contributed by atoms with Gasteiger partial charge in [-0.2, -0.15) is 0 Å². The maximum Gasteiger partial charge on any atom is 0.305 e. The maximum absolute atomic E-state index is 10.9. The van der Waals surface area contributed by atoms with Crippen LogP contribution in [0.5, 0.6) is 0 Å². The van der Waals surface area contributed by atoms with Gasteiger partial charge in [-0.15, -0.1) is 24.0 Å². The number of nitrogens with zero attached hydrogens (tertiary/aromatic N) is 2. The van der Waals surface area contributed by atoms with Crippen molar-refractivity contribution in [3.05, 3.63) is 0 Å². The van der Waals surface area contributed by atoms with Crippen molar-refractivity contribution in [2.45, 2.75) is 32.1 Å². The van der Waals surface area contributed by atoms with Crippen LogP contribution in [0, 0.1) is 0 Å². The van der Waals surface area contributed by atoms with E-state index in [0.717, 1.165) is 58.5 Å². The fourth-order valence-electron chi connectivity index (χ4n) is 1.92. The Morgan fingerprint density at radius 1 is 1.25 bits per heavy atom. The molecule has 0 aromatic rings. The van der Waals surface area contributed by atoms with Crippen LogP contribution in [0.3, 0.4) is 0 Å². The first-order valence-electron chi connectivity index (χ1n) is 6.93. The fourth-order valence-corrected chi connectivity index (χ4v) is 1.92. The molecule has 6 nitrogen and oxygen atoms in total. The van der Waals surface area contributed by atoms with Crippen LogP contribution in [-0.4, -0.2) is 56.8 Å². The Morgan fingerprint density at radius 2 is 1.90 bits per heavy atom. The zero-order chi connectivity index (χ0) is 13.9. The lowest BCUT2D eigenvalue weighted by molar-refractivity contribution is -0.140. The van der Waals surface area contributed by atoms with Crippen LogP contribution in [-0.2, 0) is 14.3 Å². The van der Waals surface area contributed by atoms with E-state index in [1.54, 1.807) is 0 Å². The van der Waals surface area contributed by atoms with Gasteiger partial charge in [-0.25, -0.2) is 0 Å². The lowest BCUT2D eigenvalue weighted by Crippen LogP contribution is -2.44. The summed E-state index contributed by atoms with van der Waals surface area (Å²) < 4.78 is 9.84. The number of hydrogen-bond donors (Lipinski definition) is 1. The van der Waals surface area contributed by atoms with E-state index < -0.39 is 0 Å². The molecule has 1 saturated heterocycles. The lowest BCUT2D eigenvalue weighted by atomic mass is 10.1. The first-order chi connectivity index (χ1) is 9.24. The molecule has 0 bridgehead atoms. The van der Waals surface area contributed by atoms with Gasteiger partial charge in [-0.05, 0) is 12.8 Å². The van der Waals surface area contributed by atoms with E-state index in [4.69, 9.17) is 10.5 Å². The number of guanidine groups is 1. The normalized spacial score (nSPS) is 15.7. The number of aliphatic imine (C=N–C) groups is 1. The van der Waals surface area contributed by atoms with Crippen molar-refractivity contribution in [3.8, 4) is 0 Å². The van der Waals surface area contributed by atoms with Gasteiger partial charge in [0, 0.05) is 26.1 Å². The molecule has 1 rings (SSSR count). The van der Waals surface area contributed by atoms with Gasteiger partial charge in [0.05, 0.1) is 20.3 Å². The molecule has 1 heterocycles. The molecule has 2 N–H and O–H groups in total. The van der Waals surface area contributed by atoms with Crippen LogP contribution in [0.25, 0.3) is 0 Å². The van der Waals surface area contributed by atoms with Crippen LogP contribution < -0.4 is 5.73 Å². The minimum absolute atomic E-state index is 0. The molecule has 0 aromatic heterocycles. The van der Waals surface area contributed by atoms with Gasteiger partial charge in [0.2, 0.25) is 0 Å². The summed E-state index contributed by atoms with van der Waals surface area (Å²) in [6.07, 6.45) is 4.50. The molecule has 1 aliphatic rings. The van der Waals surface area contributed by atoms with Crippen LogP contribution in [0.4, 0.5) is 0 Å². The molecular weight excluding hydrogens is 373 g/mol. The molecule has 0 unspecified atom stereocenters. The second-order valence-corrected chi connectivity index (χ2v) is 4.58. The van der Waals surface area contributed by atoms with Gasteiger partial charge in [-0.3, -0.25) is 9.79 Å². The molecular formula is C13H26IN3O3. The summed E-state index contributed by atoms with van der Waals surface area (Å²) in [6.45, 7) is 3.86. The number of halogens is 1. The molecule has 0 radical (unpaired) electrons. The summed E-state index contributed by atoms with van der Waals surface area (Å²) >= 11 is 0. The van der Waals surface area contributed by atoms with E-state index in [2.05, 4.69) is 14.6 Å². The van der Waals surface area contributed by atoms with Crippen LogP contribution >= 0.6 is 24.0 Å². The third-order valence-corrected chi connectivity index (χ3v) is 3.13. The van der Waals surface area contributed by atoms with Gasteiger partial charge >= 0.3 is 5.97 Å². The second kappa shape index (κ2) is 12.2. The van der Waals surface area contributed by atoms with Crippen LogP contribution in [0.15, 0.2) is 4.99 Å². The Balaban J connectivity index is 0.00000361. The highest BCUT2D eigenvalue weighted by Crippen LogP contribution is 2.04. The van der Waals surface area contributed by atoms with Crippen molar-refractivity contribution in [2.75, 3.05) is 40.0 Å². The molecule has 7 heteroatoms. The zero-order valence-corrected chi connectivity index (χ0v) is 14.5. The van der Waals surface area contributed by atoms with Crippen molar-refractivity contribution in [1.82, 2.24) is 4.90 Å². The van der Waals surface area contributed by atoms with E-state index in [9.17, 15) is 4.79 Å². The minimum atomic E-state index is -0.130. The molecule has 1 fully saturated rings. The highest BCUT2D eigenvalue weighted by Gasteiger charge is 2.11. The standard InChI is InChI=1S/C13H25N3O3.HI/c1-18-12(17)6-4-2-3-5-7-15-13(14)16-8-10-19-11-9-16;/h2-11H2,1H3,(H2,14,15);1H. The number of carbonyl (C=O) groups is 1. The SMILES string of the molecule is COC(=O)CCCCCCN=C(N)N1CCOCC1.I. The molecule has 0 aromatic carbocycles. The van der Waals surface area contributed by atoms with Crippen molar-refractivity contribution < 1.29 is 14.3 Å². The number of nitrogens with two attached hydrogens (primary N) is 1. The topological polar surface area (TPSA) is 77.1 Å². The van der Waals surface area contributed by atoms with Crippen molar-refractivity contribution >= 4 is 35.9 Å². The van der Waals surface area contributed by atoms with Gasteiger partial charge in [0.1, 0.15) is 0 Å². The molecule has 0 aliphatic carbocycles. The fraction of sp³-hybridized carbons (Fsp3) is 0.846. The second-order valence-electron chi connectivity index (χ2n) is 4.58. The largest absolute Gasteiger partial charge is 0.469 e. The lowest BCUT2D eigenvalue weighted by Gasteiger charge is -2.27. The molecule has 0 amide bonds. The summed E-state index contributed by atoms with van der Waals surface area (Å²) in [5.74, 6) is 0.493. The van der Waals surface area contributed by atoms with E-state index >= 15 is 0 Å². The summed E-state index contributed by atoms with van der Waals surface area (Å²) in [7, 11) is 1.42. The summed E-state index contributed by atoms with van der Waals surface area (Å²) in [5, 5.41) is 0. The summed E-state index contributed by atoms with van der Waals surface area (Å²) in [6, 6.07) is 0. The first-order valence-corrected chi connectivity index (χ1v) is 6.93. The van der Waals surface area contributed by atoms with Gasteiger partial charge < -0.3 is 20.1 Å². The Kier molecular flexibility index (Phi) is 11.8. The Bertz CT molecular complexity index is 295. The summed E-state index contributed by atoms with van der Waals surface area (Å²) in [5.41, 5.74) is 5.91. The molecule has 0 spiro atoms. The minimum Gasteiger partial charge on any atom is -0.469 e. The molecule has 1 aliphatic heterocycles. The van der Waals surface area contributed by atoms with E-state index in [1.807, 2.05) is 0 Å². The molecule has 20 heavy (non-hydrogen) atoms. The number of hydrogen-bond acceptors (Lipinski definition) is 4. The maximum atomic E-state index is 10.9. The van der Waals surface area contributed by atoms with Crippen molar-refractivity contribution in [3.63, 3.8) is 0 Å². The number of unbranched alkanes of at least 4 members (excludes halogenated alkanes) is 3. The smallest absolute Gasteiger partial charge is 0.305 e. The number of ether oxygens (including phenoxy) is 2.